The molecule has 0 fully saturated rings. The summed E-state index contributed by atoms with van der Waals surface area (Å²) in [6.45, 7) is -0.115. The molecule has 0 bridgehead atoms. The van der Waals surface area contributed by atoms with Gasteiger partial charge in [-0.3, -0.25) is 0 Å². The second-order valence-corrected chi connectivity index (χ2v) is 6.76. The number of benzene rings is 1. The van der Waals surface area contributed by atoms with E-state index in [1.54, 1.807) is 30.5 Å². The van der Waals surface area contributed by atoms with Crippen LogP contribution in [0.5, 0.6) is 0 Å². The second-order valence-electron chi connectivity index (χ2n) is 3.76. The summed E-state index contributed by atoms with van der Waals surface area (Å²) >= 11 is 1.51. The molecule has 1 aromatic carbocycles. The zero-order chi connectivity index (χ0) is 13.0. The first-order chi connectivity index (χ1) is 8.63. The number of hydrogen-bond donors (Lipinski definition) is 1. The maximum atomic E-state index is 11.9. The van der Waals surface area contributed by atoms with E-state index in [4.69, 9.17) is 5.11 Å². The lowest BCUT2D eigenvalue weighted by atomic mass is 10.2. The SMILES string of the molecule is O=S(=O)(CCCO)c1ccc(-c2nccs2)cc1. The molecule has 2 aromatic rings. The molecule has 4 nitrogen and oxygen atoms in total. The van der Waals surface area contributed by atoms with Gasteiger partial charge in [-0.05, 0) is 18.6 Å². The summed E-state index contributed by atoms with van der Waals surface area (Å²) in [6, 6.07) is 6.68. The molecule has 1 aromatic heterocycles. The van der Waals surface area contributed by atoms with E-state index in [2.05, 4.69) is 4.98 Å². The Hall–Kier alpha value is -1.24. The van der Waals surface area contributed by atoms with Crippen LogP contribution in [0.4, 0.5) is 0 Å². The number of rotatable bonds is 5. The van der Waals surface area contributed by atoms with Crippen molar-refractivity contribution in [2.75, 3.05) is 12.4 Å². The quantitative estimate of drug-likeness (QED) is 0.911. The van der Waals surface area contributed by atoms with Crippen LogP contribution in [0.1, 0.15) is 6.42 Å². The third-order valence-electron chi connectivity index (χ3n) is 2.46. The lowest BCUT2D eigenvalue weighted by Gasteiger charge is -2.04. The van der Waals surface area contributed by atoms with Gasteiger partial charge < -0.3 is 5.11 Å². The van der Waals surface area contributed by atoms with Gasteiger partial charge in [-0.15, -0.1) is 11.3 Å². The smallest absolute Gasteiger partial charge is 0.178 e. The Balaban J connectivity index is 2.22. The van der Waals surface area contributed by atoms with Crippen molar-refractivity contribution < 1.29 is 13.5 Å². The van der Waals surface area contributed by atoms with Gasteiger partial charge in [0.15, 0.2) is 9.84 Å². The summed E-state index contributed by atoms with van der Waals surface area (Å²) in [5, 5.41) is 11.4. The number of hydrogen-bond acceptors (Lipinski definition) is 5. The molecule has 0 radical (unpaired) electrons. The first-order valence-corrected chi connectivity index (χ1v) is 8.00. The number of aliphatic hydroxyl groups excluding tert-OH is 1. The van der Waals surface area contributed by atoms with E-state index in [1.807, 2.05) is 5.38 Å². The van der Waals surface area contributed by atoms with E-state index in [0.29, 0.717) is 0 Å². The summed E-state index contributed by atoms with van der Waals surface area (Å²) in [6.07, 6.45) is 1.97. The summed E-state index contributed by atoms with van der Waals surface area (Å²) in [5.41, 5.74) is 0.908. The highest BCUT2D eigenvalue weighted by Gasteiger charge is 2.13. The highest BCUT2D eigenvalue weighted by atomic mass is 32.2. The van der Waals surface area contributed by atoms with Gasteiger partial charge in [0, 0.05) is 23.7 Å². The zero-order valence-corrected chi connectivity index (χ0v) is 11.2. The van der Waals surface area contributed by atoms with Crippen molar-refractivity contribution in [3.63, 3.8) is 0 Å². The van der Waals surface area contributed by atoms with Crippen molar-refractivity contribution in [1.82, 2.24) is 4.98 Å². The molecule has 0 atom stereocenters. The average Bonchev–Trinajstić information content (AvgIpc) is 2.90. The van der Waals surface area contributed by atoms with Crippen LogP contribution in [0.3, 0.4) is 0 Å². The van der Waals surface area contributed by atoms with Crippen molar-refractivity contribution in [2.24, 2.45) is 0 Å². The zero-order valence-electron chi connectivity index (χ0n) is 9.61. The first-order valence-electron chi connectivity index (χ1n) is 5.47. The van der Waals surface area contributed by atoms with E-state index >= 15 is 0 Å². The maximum absolute atomic E-state index is 11.9. The van der Waals surface area contributed by atoms with Crippen molar-refractivity contribution in [2.45, 2.75) is 11.3 Å². The lowest BCUT2D eigenvalue weighted by molar-refractivity contribution is 0.295. The van der Waals surface area contributed by atoms with Crippen LogP contribution in [0.25, 0.3) is 10.6 Å². The second kappa shape index (κ2) is 5.60. The van der Waals surface area contributed by atoms with Gasteiger partial charge in [-0.25, -0.2) is 13.4 Å². The molecule has 6 heteroatoms. The topological polar surface area (TPSA) is 67.3 Å². The molecular formula is C12H13NO3S2. The molecule has 0 aliphatic rings. The Labute approximate surface area is 110 Å². The Bertz CT molecular complexity index is 589. The fourth-order valence-electron chi connectivity index (χ4n) is 1.54. The van der Waals surface area contributed by atoms with Crippen LogP contribution in [0, 0.1) is 0 Å². The summed E-state index contributed by atoms with van der Waals surface area (Å²) < 4.78 is 23.7. The normalized spacial score (nSPS) is 11.6. The highest BCUT2D eigenvalue weighted by molar-refractivity contribution is 7.91. The molecule has 0 aliphatic carbocycles. The molecular weight excluding hydrogens is 270 g/mol. The van der Waals surface area contributed by atoms with Gasteiger partial charge in [0.2, 0.25) is 0 Å². The van der Waals surface area contributed by atoms with Crippen molar-refractivity contribution >= 4 is 21.2 Å². The van der Waals surface area contributed by atoms with Crippen LogP contribution >= 0.6 is 11.3 Å². The van der Waals surface area contributed by atoms with Gasteiger partial charge >= 0.3 is 0 Å². The molecule has 1 heterocycles. The van der Waals surface area contributed by atoms with E-state index in [9.17, 15) is 8.42 Å². The van der Waals surface area contributed by atoms with Crippen LogP contribution < -0.4 is 0 Å². The monoisotopic (exact) mass is 283 g/mol. The molecule has 0 spiro atoms. The summed E-state index contributed by atoms with van der Waals surface area (Å²) in [4.78, 5) is 4.45. The fourth-order valence-corrected chi connectivity index (χ4v) is 3.48. The number of sulfone groups is 1. The van der Waals surface area contributed by atoms with E-state index in [1.165, 1.54) is 11.3 Å². The molecule has 18 heavy (non-hydrogen) atoms. The average molecular weight is 283 g/mol. The lowest BCUT2D eigenvalue weighted by Crippen LogP contribution is -2.08. The van der Waals surface area contributed by atoms with Crippen molar-refractivity contribution in [1.29, 1.82) is 0 Å². The first kappa shape index (κ1) is 13.2. The van der Waals surface area contributed by atoms with Gasteiger partial charge in [0.05, 0.1) is 10.6 Å². The molecule has 0 saturated carbocycles. The number of nitrogens with zero attached hydrogens (tertiary/aromatic N) is 1. The minimum absolute atomic E-state index is 0.0277. The molecule has 0 aliphatic heterocycles. The van der Waals surface area contributed by atoms with Crippen molar-refractivity contribution in [3.8, 4) is 10.6 Å². The molecule has 1 N–H and O–H groups in total. The van der Waals surface area contributed by atoms with Crippen molar-refractivity contribution in [3.05, 3.63) is 35.8 Å². The predicted molar refractivity (Wildman–Crippen MR) is 71.3 cm³/mol. The van der Waals surface area contributed by atoms with E-state index in [-0.39, 0.29) is 23.7 Å². The molecule has 0 saturated heterocycles. The minimum Gasteiger partial charge on any atom is -0.396 e. The summed E-state index contributed by atoms with van der Waals surface area (Å²) in [7, 11) is -3.29. The predicted octanol–water partition coefficient (Wildman–Crippen LogP) is 1.97. The van der Waals surface area contributed by atoms with Crippen LogP contribution in [-0.2, 0) is 9.84 Å². The molecule has 0 unspecified atom stereocenters. The van der Waals surface area contributed by atoms with Crippen LogP contribution in [0.2, 0.25) is 0 Å². The Morgan fingerprint density at radius 3 is 2.50 bits per heavy atom. The van der Waals surface area contributed by atoms with Crippen LogP contribution in [-0.4, -0.2) is 30.9 Å². The Kier molecular flexibility index (Phi) is 4.11. The minimum atomic E-state index is -3.29. The van der Waals surface area contributed by atoms with Crippen LogP contribution in [0.15, 0.2) is 40.7 Å². The largest absolute Gasteiger partial charge is 0.396 e. The number of aromatic nitrogens is 1. The summed E-state index contributed by atoms with van der Waals surface area (Å²) in [5.74, 6) is -0.0277. The molecule has 2 rings (SSSR count). The third-order valence-corrected chi connectivity index (χ3v) is 5.10. The van der Waals surface area contributed by atoms with Gasteiger partial charge in [0.1, 0.15) is 5.01 Å². The molecule has 96 valence electrons. The number of thiazole rings is 1. The Morgan fingerprint density at radius 1 is 1.22 bits per heavy atom. The molecule has 0 amide bonds. The van der Waals surface area contributed by atoms with Gasteiger partial charge in [-0.1, -0.05) is 12.1 Å². The van der Waals surface area contributed by atoms with E-state index < -0.39 is 9.84 Å². The third kappa shape index (κ3) is 2.95. The Morgan fingerprint density at radius 2 is 1.94 bits per heavy atom. The van der Waals surface area contributed by atoms with E-state index in [0.717, 1.165) is 10.6 Å². The highest BCUT2D eigenvalue weighted by Crippen LogP contribution is 2.23. The van der Waals surface area contributed by atoms with Gasteiger partial charge in [-0.2, -0.15) is 0 Å². The maximum Gasteiger partial charge on any atom is 0.178 e. The number of aliphatic hydroxyl groups is 1. The fraction of sp³-hybridized carbons (Fsp3) is 0.250. The van der Waals surface area contributed by atoms with Gasteiger partial charge in [0.25, 0.3) is 0 Å². The standard InChI is InChI=1S/C12H13NO3S2/c14-7-1-9-18(15,16)11-4-2-10(3-5-11)12-13-6-8-17-12/h2-6,8,14H,1,7,9H2.